The fourth-order valence-corrected chi connectivity index (χ4v) is 0.635. The highest BCUT2D eigenvalue weighted by molar-refractivity contribution is 5.72. The minimum Gasteiger partial charge on any atom is -0.481 e. The molecule has 0 radical (unpaired) electrons. The second kappa shape index (κ2) is 6.42. The fourth-order valence-electron chi connectivity index (χ4n) is 0.635. The molecule has 5 heteroatoms. The van der Waals surface area contributed by atoms with E-state index >= 15 is 0 Å². The third-order valence-corrected chi connectivity index (χ3v) is 1.54. The van der Waals surface area contributed by atoms with Gasteiger partial charge in [0.2, 0.25) is 0 Å². The van der Waals surface area contributed by atoms with Crippen molar-refractivity contribution in [2.45, 2.75) is 19.8 Å². The van der Waals surface area contributed by atoms with Gasteiger partial charge in [0.1, 0.15) is 0 Å². The Morgan fingerprint density at radius 2 is 2.15 bits per heavy atom. The van der Waals surface area contributed by atoms with Gasteiger partial charge in [0.15, 0.2) is 0 Å². The Bertz CT molecular complexity index is 181. The van der Waals surface area contributed by atoms with Gasteiger partial charge in [-0.2, -0.15) is 0 Å². The summed E-state index contributed by atoms with van der Waals surface area (Å²) >= 11 is 0. The zero-order valence-corrected chi connectivity index (χ0v) is 7.66. The van der Waals surface area contributed by atoms with Crippen LogP contribution in [0, 0.1) is 5.92 Å². The molecule has 0 bridgehead atoms. The first-order valence-corrected chi connectivity index (χ1v) is 4.16. The van der Waals surface area contributed by atoms with Gasteiger partial charge in [0.25, 0.3) is 0 Å². The number of carbonyl (C=O) groups excluding carboxylic acids is 1. The van der Waals surface area contributed by atoms with Gasteiger partial charge in [0.05, 0.1) is 12.5 Å². The fraction of sp³-hybridized carbons (Fsp3) is 0.750. The van der Waals surface area contributed by atoms with Gasteiger partial charge in [-0.25, -0.2) is 0 Å². The zero-order valence-electron chi connectivity index (χ0n) is 7.66. The number of hydrogen-bond donors (Lipinski definition) is 2. The molecular weight excluding hydrogens is 174 g/mol. The number of aliphatic carboxylic acids is 1. The van der Waals surface area contributed by atoms with E-state index in [4.69, 9.17) is 15.6 Å². The lowest BCUT2D eigenvalue weighted by Gasteiger charge is -2.07. The normalized spacial score (nSPS) is 12.2. The maximum Gasteiger partial charge on any atom is 0.309 e. The summed E-state index contributed by atoms with van der Waals surface area (Å²) in [5.41, 5.74) is 5.23. The molecular formula is C8H15NO4. The summed E-state index contributed by atoms with van der Waals surface area (Å²) in [4.78, 5) is 21.0. The molecule has 76 valence electrons. The average Bonchev–Trinajstić information content (AvgIpc) is 2.10. The van der Waals surface area contributed by atoms with Crippen LogP contribution in [0.5, 0.6) is 0 Å². The lowest BCUT2D eigenvalue weighted by atomic mass is 10.2. The maximum atomic E-state index is 11.0. The van der Waals surface area contributed by atoms with E-state index in [-0.39, 0.29) is 31.5 Å². The van der Waals surface area contributed by atoms with Crippen LogP contribution < -0.4 is 5.73 Å². The SMILES string of the molecule is CC(CN)C(=O)OCCCC(=O)O. The van der Waals surface area contributed by atoms with Crippen molar-refractivity contribution in [2.24, 2.45) is 11.7 Å². The van der Waals surface area contributed by atoms with Crippen molar-refractivity contribution in [1.29, 1.82) is 0 Å². The molecule has 0 fully saturated rings. The Labute approximate surface area is 76.9 Å². The lowest BCUT2D eigenvalue weighted by Crippen LogP contribution is -2.23. The first-order valence-electron chi connectivity index (χ1n) is 4.16. The molecule has 0 aromatic carbocycles. The topological polar surface area (TPSA) is 89.6 Å². The van der Waals surface area contributed by atoms with Crippen LogP contribution >= 0.6 is 0 Å². The molecule has 0 rings (SSSR count). The largest absolute Gasteiger partial charge is 0.481 e. The minimum atomic E-state index is -0.886. The van der Waals surface area contributed by atoms with E-state index < -0.39 is 5.97 Å². The van der Waals surface area contributed by atoms with Gasteiger partial charge in [-0.15, -0.1) is 0 Å². The van der Waals surface area contributed by atoms with Crippen molar-refractivity contribution in [1.82, 2.24) is 0 Å². The van der Waals surface area contributed by atoms with E-state index in [1.54, 1.807) is 6.92 Å². The van der Waals surface area contributed by atoms with Crippen LogP contribution in [-0.2, 0) is 14.3 Å². The van der Waals surface area contributed by atoms with Gasteiger partial charge in [-0.1, -0.05) is 6.92 Å². The van der Waals surface area contributed by atoms with E-state index in [0.717, 1.165) is 0 Å². The third kappa shape index (κ3) is 6.10. The van der Waals surface area contributed by atoms with Crippen molar-refractivity contribution >= 4 is 11.9 Å². The smallest absolute Gasteiger partial charge is 0.309 e. The number of nitrogens with two attached hydrogens (primary N) is 1. The second-order valence-corrected chi connectivity index (χ2v) is 2.80. The summed E-state index contributed by atoms with van der Waals surface area (Å²) in [6, 6.07) is 0. The number of hydrogen-bond acceptors (Lipinski definition) is 4. The molecule has 1 atom stereocenters. The quantitative estimate of drug-likeness (QED) is 0.453. The molecule has 13 heavy (non-hydrogen) atoms. The number of carboxylic acids is 1. The predicted octanol–water partition coefficient (Wildman–Crippen LogP) is -0.0108. The number of rotatable bonds is 6. The van der Waals surface area contributed by atoms with E-state index in [1.807, 2.05) is 0 Å². The Hall–Kier alpha value is -1.10. The van der Waals surface area contributed by atoms with Crippen LogP contribution in [0.2, 0.25) is 0 Å². The van der Waals surface area contributed by atoms with E-state index in [2.05, 4.69) is 0 Å². The Morgan fingerprint density at radius 3 is 2.62 bits per heavy atom. The van der Waals surface area contributed by atoms with E-state index in [0.29, 0.717) is 6.42 Å². The molecule has 3 N–H and O–H groups in total. The number of carbonyl (C=O) groups is 2. The van der Waals surface area contributed by atoms with Gasteiger partial charge in [0, 0.05) is 13.0 Å². The van der Waals surface area contributed by atoms with Gasteiger partial charge >= 0.3 is 11.9 Å². The molecule has 0 aliphatic carbocycles. The molecule has 0 amide bonds. The summed E-state index contributed by atoms with van der Waals surface area (Å²) in [6.45, 7) is 2.06. The van der Waals surface area contributed by atoms with Crippen molar-refractivity contribution in [3.8, 4) is 0 Å². The highest BCUT2D eigenvalue weighted by atomic mass is 16.5. The second-order valence-electron chi connectivity index (χ2n) is 2.80. The highest BCUT2D eigenvalue weighted by Crippen LogP contribution is 1.97. The number of ether oxygens (including phenoxy) is 1. The standard InChI is InChI=1S/C8H15NO4/c1-6(5-9)8(12)13-4-2-3-7(10)11/h6H,2-5,9H2,1H3,(H,10,11). The highest BCUT2D eigenvalue weighted by Gasteiger charge is 2.11. The molecule has 0 aromatic rings. The summed E-state index contributed by atoms with van der Waals surface area (Å²) < 4.78 is 4.76. The molecule has 0 aromatic heterocycles. The number of carboxylic acid groups (broad SMARTS) is 1. The van der Waals surface area contributed by atoms with Gasteiger partial charge in [-0.05, 0) is 6.42 Å². The summed E-state index contributed by atoms with van der Waals surface area (Å²) in [7, 11) is 0. The summed E-state index contributed by atoms with van der Waals surface area (Å²) in [6.07, 6.45) is 0.364. The first-order chi connectivity index (χ1) is 6.07. The molecule has 0 aliphatic heterocycles. The Balaban J connectivity index is 3.42. The third-order valence-electron chi connectivity index (χ3n) is 1.54. The molecule has 0 saturated carbocycles. The van der Waals surface area contributed by atoms with Gasteiger partial charge < -0.3 is 15.6 Å². The maximum absolute atomic E-state index is 11.0. The van der Waals surface area contributed by atoms with Crippen LogP contribution in [0.15, 0.2) is 0 Å². The zero-order chi connectivity index (χ0) is 10.3. The Morgan fingerprint density at radius 1 is 1.54 bits per heavy atom. The average molecular weight is 189 g/mol. The van der Waals surface area contributed by atoms with Crippen LogP contribution in [0.1, 0.15) is 19.8 Å². The Kier molecular flexibility index (Phi) is 5.88. The minimum absolute atomic E-state index is 0.0181. The van der Waals surface area contributed by atoms with Gasteiger partial charge in [-0.3, -0.25) is 9.59 Å². The molecule has 0 spiro atoms. The van der Waals surface area contributed by atoms with Crippen molar-refractivity contribution in [2.75, 3.05) is 13.2 Å². The summed E-state index contributed by atoms with van der Waals surface area (Å²) in [5, 5.41) is 8.27. The van der Waals surface area contributed by atoms with Crippen molar-refractivity contribution in [3.05, 3.63) is 0 Å². The first kappa shape index (κ1) is 11.9. The molecule has 0 heterocycles. The molecule has 5 nitrogen and oxygen atoms in total. The van der Waals surface area contributed by atoms with Crippen molar-refractivity contribution < 1.29 is 19.4 Å². The monoisotopic (exact) mass is 189 g/mol. The van der Waals surface area contributed by atoms with Crippen LogP contribution in [0.3, 0.4) is 0 Å². The van der Waals surface area contributed by atoms with E-state index in [1.165, 1.54) is 0 Å². The number of esters is 1. The van der Waals surface area contributed by atoms with Crippen LogP contribution in [0.25, 0.3) is 0 Å². The lowest BCUT2D eigenvalue weighted by molar-refractivity contribution is -0.148. The molecule has 0 saturated heterocycles. The van der Waals surface area contributed by atoms with Crippen molar-refractivity contribution in [3.63, 3.8) is 0 Å². The summed E-state index contributed by atoms with van der Waals surface area (Å²) in [5.74, 6) is -1.57. The molecule has 1 unspecified atom stereocenters. The molecule has 0 aliphatic rings. The predicted molar refractivity (Wildman–Crippen MR) is 46.0 cm³/mol. The van der Waals surface area contributed by atoms with Crippen LogP contribution in [-0.4, -0.2) is 30.2 Å². The van der Waals surface area contributed by atoms with E-state index in [9.17, 15) is 9.59 Å². The van der Waals surface area contributed by atoms with Crippen LogP contribution in [0.4, 0.5) is 0 Å².